The van der Waals surface area contributed by atoms with Gasteiger partial charge in [-0.25, -0.2) is 4.98 Å². The summed E-state index contributed by atoms with van der Waals surface area (Å²) in [5.41, 5.74) is 0. The maximum Gasteiger partial charge on any atom is 0.226 e. The summed E-state index contributed by atoms with van der Waals surface area (Å²) in [6.45, 7) is 5.31. The maximum absolute atomic E-state index is 12.1. The molecule has 3 rings (SSSR count). The summed E-state index contributed by atoms with van der Waals surface area (Å²) in [6.07, 6.45) is 2.82. The summed E-state index contributed by atoms with van der Waals surface area (Å²) >= 11 is 6.15. The summed E-state index contributed by atoms with van der Waals surface area (Å²) in [7, 11) is 0. The first-order valence-electron chi connectivity index (χ1n) is 6.81. The van der Waals surface area contributed by atoms with Gasteiger partial charge in [0.2, 0.25) is 5.91 Å². The fourth-order valence-electron chi connectivity index (χ4n) is 2.65. The first-order chi connectivity index (χ1) is 9.16. The van der Waals surface area contributed by atoms with Gasteiger partial charge in [-0.1, -0.05) is 18.5 Å². The Kier molecular flexibility index (Phi) is 3.35. The topological polar surface area (TPSA) is 36.4 Å². The molecule has 19 heavy (non-hydrogen) atoms. The van der Waals surface area contributed by atoms with E-state index < -0.39 is 0 Å². The molecule has 1 amide bonds. The van der Waals surface area contributed by atoms with E-state index in [1.807, 2.05) is 17.0 Å². The second-order valence-electron chi connectivity index (χ2n) is 5.44. The summed E-state index contributed by atoms with van der Waals surface area (Å²) < 4.78 is 0. The molecule has 1 aromatic heterocycles. The van der Waals surface area contributed by atoms with Crippen LogP contribution < -0.4 is 4.90 Å². The van der Waals surface area contributed by atoms with Gasteiger partial charge < -0.3 is 9.80 Å². The van der Waals surface area contributed by atoms with E-state index in [1.54, 1.807) is 6.20 Å². The first-order valence-corrected chi connectivity index (χ1v) is 7.19. The molecular weight excluding hydrogens is 262 g/mol. The zero-order valence-corrected chi connectivity index (χ0v) is 11.8. The van der Waals surface area contributed by atoms with Crippen LogP contribution in [-0.2, 0) is 4.79 Å². The van der Waals surface area contributed by atoms with Gasteiger partial charge in [-0.3, -0.25) is 4.79 Å². The Morgan fingerprint density at radius 1 is 1.37 bits per heavy atom. The van der Waals surface area contributed by atoms with Crippen LogP contribution in [0.5, 0.6) is 0 Å². The van der Waals surface area contributed by atoms with E-state index in [2.05, 4.69) is 16.8 Å². The van der Waals surface area contributed by atoms with Gasteiger partial charge in [0.05, 0.1) is 5.02 Å². The van der Waals surface area contributed by atoms with Gasteiger partial charge in [0.1, 0.15) is 5.82 Å². The molecule has 1 saturated heterocycles. The van der Waals surface area contributed by atoms with E-state index in [-0.39, 0.29) is 5.92 Å². The van der Waals surface area contributed by atoms with Crippen LogP contribution in [-0.4, -0.2) is 42.0 Å². The number of aromatic nitrogens is 1. The van der Waals surface area contributed by atoms with Crippen LogP contribution in [0.4, 0.5) is 5.82 Å². The zero-order chi connectivity index (χ0) is 13.4. The number of piperazine rings is 1. The van der Waals surface area contributed by atoms with Crippen molar-refractivity contribution in [2.24, 2.45) is 11.8 Å². The number of rotatable bonds is 2. The quantitative estimate of drug-likeness (QED) is 0.831. The van der Waals surface area contributed by atoms with Crippen LogP contribution in [0.15, 0.2) is 18.3 Å². The van der Waals surface area contributed by atoms with Gasteiger partial charge >= 0.3 is 0 Å². The molecule has 1 aliphatic carbocycles. The average molecular weight is 280 g/mol. The third-order valence-corrected chi connectivity index (χ3v) is 4.35. The molecule has 5 heteroatoms. The van der Waals surface area contributed by atoms with E-state index in [4.69, 9.17) is 11.6 Å². The lowest BCUT2D eigenvalue weighted by Crippen LogP contribution is -2.49. The van der Waals surface area contributed by atoms with Crippen molar-refractivity contribution < 1.29 is 4.79 Å². The zero-order valence-electron chi connectivity index (χ0n) is 11.1. The first kappa shape index (κ1) is 12.7. The van der Waals surface area contributed by atoms with Crippen molar-refractivity contribution in [3.8, 4) is 0 Å². The highest BCUT2D eigenvalue weighted by Crippen LogP contribution is 2.39. The molecule has 0 unspecified atom stereocenters. The summed E-state index contributed by atoms with van der Waals surface area (Å²) in [5, 5.41) is 0.679. The average Bonchev–Trinajstić information content (AvgIpc) is 3.16. The van der Waals surface area contributed by atoms with E-state index in [0.717, 1.165) is 38.4 Å². The fourth-order valence-corrected chi connectivity index (χ4v) is 2.89. The van der Waals surface area contributed by atoms with E-state index in [1.165, 1.54) is 0 Å². The Balaban J connectivity index is 1.60. The molecule has 102 valence electrons. The fraction of sp³-hybridized carbons (Fsp3) is 0.571. The molecule has 4 nitrogen and oxygen atoms in total. The molecule has 2 fully saturated rings. The molecule has 0 aromatic carbocycles. The molecule has 0 bridgehead atoms. The van der Waals surface area contributed by atoms with E-state index in [9.17, 15) is 4.79 Å². The predicted octanol–water partition coefficient (Wildman–Crippen LogP) is 2.04. The van der Waals surface area contributed by atoms with Gasteiger partial charge in [-0.2, -0.15) is 0 Å². The summed E-state index contributed by atoms with van der Waals surface area (Å²) in [6, 6.07) is 3.69. The van der Waals surface area contributed by atoms with Crippen LogP contribution >= 0.6 is 11.6 Å². The Morgan fingerprint density at radius 3 is 2.63 bits per heavy atom. The van der Waals surface area contributed by atoms with E-state index in [0.29, 0.717) is 16.8 Å². The maximum atomic E-state index is 12.1. The molecule has 0 spiro atoms. The van der Waals surface area contributed by atoms with Crippen LogP contribution in [0.25, 0.3) is 0 Å². The lowest BCUT2D eigenvalue weighted by molar-refractivity contribution is -0.133. The van der Waals surface area contributed by atoms with Gasteiger partial charge in [-0.05, 0) is 24.5 Å². The van der Waals surface area contributed by atoms with Crippen molar-refractivity contribution in [2.75, 3.05) is 31.1 Å². The van der Waals surface area contributed by atoms with Crippen LogP contribution in [0.1, 0.15) is 13.3 Å². The predicted molar refractivity (Wildman–Crippen MR) is 75.3 cm³/mol. The normalized spacial score (nSPS) is 26.4. The molecule has 0 radical (unpaired) electrons. The highest BCUT2D eigenvalue weighted by atomic mass is 35.5. The Bertz CT molecular complexity index is 485. The number of nitrogens with zero attached hydrogens (tertiary/aromatic N) is 3. The molecule has 1 aromatic rings. The number of carbonyl (C=O) groups excluding carboxylic acids is 1. The van der Waals surface area contributed by atoms with Gasteiger partial charge in [0.15, 0.2) is 0 Å². The second kappa shape index (κ2) is 5.00. The van der Waals surface area contributed by atoms with Crippen LogP contribution in [0.3, 0.4) is 0 Å². The number of amides is 1. The summed E-state index contributed by atoms with van der Waals surface area (Å²) in [5.74, 6) is 2.02. The number of hydrogen-bond donors (Lipinski definition) is 0. The number of carbonyl (C=O) groups is 1. The molecular formula is C14H18ClN3O. The number of hydrogen-bond acceptors (Lipinski definition) is 3. The molecule has 0 N–H and O–H groups in total. The Labute approximate surface area is 118 Å². The third kappa shape index (κ3) is 2.54. The second-order valence-corrected chi connectivity index (χ2v) is 5.85. The molecule has 1 aliphatic heterocycles. The molecule has 2 atom stereocenters. The van der Waals surface area contributed by atoms with Crippen molar-refractivity contribution >= 4 is 23.3 Å². The van der Waals surface area contributed by atoms with Crippen molar-refractivity contribution in [3.63, 3.8) is 0 Å². The highest BCUT2D eigenvalue weighted by Gasteiger charge is 2.42. The smallest absolute Gasteiger partial charge is 0.226 e. The lowest BCUT2D eigenvalue weighted by Gasteiger charge is -2.35. The Hall–Kier alpha value is -1.29. The lowest BCUT2D eigenvalue weighted by atomic mass is 10.2. The molecule has 2 heterocycles. The van der Waals surface area contributed by atoms with Crippen molar-refractivity contribution in [2.45, 2.75) is 13.3 Å². The summed E-state index contributed by atoms with van der Waals surface area (Å²) in [4.78, 5) is 20.6. The van der Waals surface area contributed by atoms with Gasteiger partial charge in [0.25, 0.3) is 0 Å². The van der Waals surface area contributed by atoms with Gasteiger partial charge in [0, 0.05) is 38.3 Å². The van der Waals surface area contributed by atoms with Crippen molar-refractivity contribution in [3.05, 3.63) is 23.4 Å². The van der Waals surface area contributed by atoms with Gasteiger partial charge in [-0.15, -0.1) is 0 Å². The largest absolute Gasteiger partial charge is 0.352 e. The van der Waals surface area contributed by atoms with Crippen molar-refractivity contribution in [1.82, 2.24) is 9.88 Å². The minimum absolute atomic E-state index is 0.282. The number of halogens is 1. The Morgan fingerprint density at radius 2 is 2.05 bits per heavy atom. The SMILES string of the molecule is C[C@@H]1C[C@H]1C(=O)N1CCN(c2ncccc2Cl)CC1. The van der Waals surface area contributed by atoms with Crippen LogP contribution in [0.2, 0.25) is 5.02 Å². The van der Waals surface area contributed by atoms with E-state index >= 15 is 0 Å². The van der Waals surface area contributed by atoms with Crippen LogP contribution in [0, 0.1) is 11.8 Å². The minimum atomic E-state index is 0.282. The van der Waals surface area contributed by atoms with Crippen molar-refractivity contribution in [1.29, 1.82) is 0 Å². The monoisotopic (exact) mass is 279 g/mol. The molecule has 1 saturated carbocycles. The molecule has 2 aliphatic rings. The third-order valence-electron chi connectivity index (χ3n) is 4.06. The number of pyridine rings is 1. The standard InChI is InChI=1S/C14H18ClN3O/c1-10-9-11(10)14(19)18-7-5-17(6-8-18)13-12(15)3-2-4-16-13/h2-4,10-11H,5-9H2,1H3/t10-,11-/m1/s1. The number of anilines is 1. The highest BCUT2D eigenvalue weighted by molar-refractivity contribution is 6.32. The minimum Gasteiger partial charge on any atom is -0.352 e.